The predicted molar refractivity (Wildman–Crippen MR) is 75.1 cm³/mol. The molecular formula is C14H20N4O2. The molecule has 0 fully saturated rings. The van der Waals surface area contributed by atoms with Gasteiger partial charge in [0.15, 0.2) is 5.76 Å². The third-order valence-corrected chi connectivity index (χ3v) is 3.13. The van der Waals surface area contributed by atoms with E-state index in [4.69, 9.17) is 4.42 Å². The number of aromatic amines is 1. The molecule has 6 heteroatoms. The zero-order valence-corrected chi connectivity index (χ0v) is 11.8. The van der Waals surface area contributed by atoms with Crippen molar-refractivity contribution in [1.82, 2.24) is 20.2 Å². The molecule has 0 spiro atoms. The highest BCUT2D eigenvalue weighted by molar-refractivity contribution is 5.91. The Labute approximate surface area is 118 Å². The minimum atomic E-state index is -0.229. The number of H-pyrrole nitrogens is 1. The summed E-state index contributed by atoms with van der Waals surface area (Å²) < 4.78 is 5.57. The maximum atomic E-state index is 11.9. The Morgan fingerprint density at radius 2 is 2.20 bits per heavy atom. The van der Waals surface area contributed by atoms with Gasteiger partial charge in [-0.05, 0) is 25.2 Å². The number of rotatable bonds is 7. The topological polar surface area (TPSA) is 74.2 Å². The molecule has 0 aliphatic carbocycles. The van der Waals surface area contributed by atoms with Crippen LogP contribution in [-0.2, 0) is 13.1 Å². The second kappa shape index (κ2) is 6.91. The van der Waals surface area contributed by atoms with Gasteiger partial charge in [0.2, 0.25) is 0 Å². The molecule has 1 amide bonds. The number of amides is 1. The van der Waals surface area contributed by atoms with Crippen LogP contribution in [0.25, 0.3) is 0 Å². The molecule has 6 nitrogen and oxygen atoms in total. The third kappa shape index (κ3) is 3.71. The first-order valence-corrected chi connectivity index (χ1v) is 6.80. The van der Waals surface area contributed by atoms with Crippen molar-refractivity contribution in [3.8, 4) is 0 Å². The Kier molecular flexibility index (Phi) is 4.95. The fraction of sp³-hybridized carbons (Fsp3) is 0.429. The highest BCUT2D eigenvalue weighted by atomic mass is 16.4. The summed E-state index contributed by atoms with van der Waals surface area (Å²) in [5, 5.41) is 2.76. The van der Waals surface area contributed by atoms with Gasteiger partial charge in [-0.3, -0.25) is 9.69 Å². The third-order valence-electron chi connectivity index (χ3n) is 3.13. The van der Waals surface area contributed by atoms with Crippen LogP contribution in [-0.4, -0.2) is 33.9 Å². The van der Waals surface area contributed by atoms with Gasteiger partial charge >= 0.3 is 0 Å². The Morgan fingerprint density at radius 3 is 2.85 bits per heavy atom. The minimum absolute atomic E-state index is 0.229. The molecule has 0 atom stereocenters. The van der Waals surface area contributed by atoms with Gasteiger partial charge in [0.1, 0.15) is 11.6 Å². The number of imidazole rings is 1. The molecule has 0 aliphatic rings. The quantitative estimate of drug-likeness (QED) is 0.808. The molecule has 2 aromatic rings. The second-order valence-electron chi connectivity index (χ2n) is 4.45. The number of nitrogens with one attached hydrogen (secondary N) is 2. The van der Waals surface area contributed by atoms with E-state index in [1.54, 1.807) is 18.5 Å². The van der Waals surface area contributed by atoms with Crippen molar-refractivity contribution in [2.24, 2.45) is 0 Å². The summed E-state index contributed by atoms with van der Waals surface area (Å²) in [5.41, 5.74) is 0. The molecule has 0 saturated carbocycles. The van der Waals surface area contributed by atoms with Gasteiger partial charge < -0.3 is 14.7 Å². The summed E-state index contributed by atoms with van der Waals surface area (Å²) >= 11 is 0. The Bertz CT molecular complexity index is 529. The van der Waals surface area contributed by atoms with E-state index in [0.29, 0.717) is 18.1 Å². The maximum absolute atomic E-state index is 11.9. The number of hydrogen-bond donors (Lipinski definition) is 2. The van der Waals surface area contributed by atoms with Crippen LogP contribution in [0.15, 0.2) is 28.9 Å². The van der Waals surface area contributed by atoms with Crippen LogP contribution >= 0.6 is 0 Å². The largest absolute Gasteiger partial charge is 0.455 e. The lowest BCUT2D eigenvalue weighted by molar-refractivity contribution is 0.0918. The summed E-state index contributed by atoms with van der Waals surface area (Å²) in [6.45, 7) is 7.19. The van der Waals surface area contributed by atoms with Crippen molar-refractivity contribution in [2.45, 2.75) is 26.9 Å². The van der Waals surface area contributed by atoms with Gasteiger partial charge in [0.25, 0.3) is 5.91 Å². The minimum Gasteiger partial charge on any atom is -0.455 e. The summed E-state index contributed by atoms with van der Waals surface area (Å²) in [6.07, 6.45) is 3.37. The lowest BCUT2D eigenvalue weighted by atomic mass is 10.3. The average molecular weight is 276 g/mol. The smallest absolute Gasteiger partial charge is 0.287 e. The zero-order chi connectivity index (χ0) is 14.4. The van der Waals surface area contributed by atoms with E-state index in [9.17, 15) is 4.79 Å². The molecule has 0 aromatic carbocycles. The molecular weight excluding hydrogens is 256 g/mol. The molecule has 108 valence electrons. The Morgan fingerprint density at radius 1 is 1.40 bits per heavy atom. The van der Waals surface area contributed by atoms with E-state index in [-0.39, 0.29) is 5.91 Å². The van der Waals surface area contributed by atoms with Crippen molar-refractivity contribution < 1.29 is 9.21 Å². The second-order valence-corrected chi connectivity index (χ2v) is 4.45. The van der Waals surface area contributed by atoms with Crippen LogP contribution in [0.2, 0.25) is 0 Å². The SMILES string of the molecule is CCN(CC)Cc1ccc(C(=O)NCc2ncc[nH]2)o1. The van der Waals surface area contributed by atoms with Crippen LogP contribution < -0.4 is 5.32 Å². The molecule has 2 aromatic heterocycles. The van der Waals surface area contributed by atoms with E-state index in [0.717, 1.165) is 25.4 Å². The summed E-state index contributed by atoms with van der Waals surface area (Å²) in [5.74, 6) is 1.62. The van der Waals surface area contributed by atoms with Crippen molar-refractivity contribution in [2.75, 3.05) is 13.1 Å². The van der Waals surface area contributed by atoms with Crippen molar-refractivity contribution in [1.29, 1.82) is 0 Å². The molecule has 2 rings (SSSR count). The number of hydrogen-bond acceptors (Lipinski definition) is 4. The monoisotopic (exact) mass is 276 g/mol. The van der Waals surface area contributed by atoms with E-state index in [1.165, 1.54) is 0 Å². The number of carbonyl (C=O) groups is 1. The molecule has 2 heterocycles. The van der Waals surface area contributed by atoms with E-state index in [1.807, 2.05) is 6.07 Å². The number of aromatic nitrogens is 2. The normalized spacial score (nSPS) is 10.9. The van der Waals surface area contributed by atoms with Gasteiger partial charge in [-0.25, -0.2) is 4.98 Å². The lowest BCUT2D eigenvalue weighted by Crippen LogP contribution is -2.23. The first kappa shape index (κ1) is 14.3. The summed E-state index contributed by atoms with van der Waals surface area (Å²) in [7, 11) is 0. The highest BCUT2D eigenvalue weighted by Gasteiger charge is 2.12. The number of nitrogens with zero attached hydrogens (tertiary/aromatic N) is 2. The van der Waals surface area contributed by atoms with Crippen molar-refractivity contribution >= 4 is 5.91 Å². The summed E-state index contributed by atoms with van der Waals surface area (Å²) in [4.78, 5) is 21.1. The van der Waals surface area contributed by atoms with Crippen LogP contribution in [0.3, 0.4) is 0 Å². The fourth-order valence-corrected chi connectivity index (χ4v) is 1.90. The Balaban J connectivity index is 1.89. The maximum Gasteiger partial charge on any atom is 0.287 e. The van der Waals surface area contributed by atoms with Crippen LogP contribution in [0.5, 0.6) is 0 Å². The van der Waals surface area contributed by atoms with E-state index >= 15 is 0 Å². The van der Waals surface area contributed by atoms with Gasteiger partial charge in [-0.2, -0.15) is 0 Å². The standard InChI is InChI=1S/C14H20N4O2/c1-3-18(4-2)10-11-5-6-12(20-11)14(19)17-9-13-15-7-8-16-13/h5-8H,3-4,9-10H2,1-2H3,(H,15,16)(H,17,19). The fourth-order valence-electron chi connectivity index (χ4n) is 1.90. The first-order valence-electron chi connectivity index (χ1n) is 6.80. The Hall–Kier alpha value is -2.08. The van der Waals surface area contributed by atoms with Crippen LogP contribution in [0, 0.1) is 0 Å². The summed E-state index contributed by atoms with van der Waals surface area (Å²) in [6, 6.07) is 3.55. The highest BCUT2D eigenvalue weighted by Crippen LogP contribution is 2.10. The van der Waals surface area contributed by atoms with Crippen LogP contribution in [0.4, 0.5) is 0 Å². The van der Waals surface area contributed by atoms with E-state index in [2.05, 4.69) is 34.0 Å². The number of furan rings is 1. The van der Waals surface area contributed by atoms with E-state index < -0.39 is 0 Å². The average Bonchev–Trinajstić information content (AvgIpc) is 3.13. The molecule has 0 bridgehead atoms. The molecule has 0 saturated heterocycles. The van der Waals surface area contributed by atoms with Crippen molar-refractivity contribution in [3.05, 3.63) is 41.9 Å². The molecule has 0 unspecified atom stereocenters. The van der Waals surface area contributed by atoms with Gasteiger partial charge in [-0.15, -0.1) is 0 Å². The van der Waals surface area contributed by atoms with Gasteiger partial charge in [0.05, 0.1) is 13.1 Å². The predicted octanol–water partition coefficient (Wildman–Crippen LogP) is 1.77. The molecule has 0 radical (unpaired) electrons. The number of carbonyl (C=O) groups excluding carboxylic acids is 1. The molecule has 2 N–H and O–H groups in total. The lowest BCUT2D eigenvalue weighted by Gasteiger charge is -2.15. The molecule has 20 heavy (non-hydrogen) atoms. The van der Waals surface area contributed by atoms with Gasteiger partial charge in [-0.1, -0.05) is 13.8 Å². The van der Waals surface area contributed by atoms with Gasteiger partial charge in [0, 0.05) is 12.4 Å². The first-order chi connectivity index (χ1) is 9.72. The van der Waals surface area contributed by atoms with Crippen molar-refractivity contribution in [3.63, 3.8) is 0 Å². The zero-order valence-electron chi connectivity index (χ0n) is 11.8. The molecule has 0 aliphatic heterocycles. The van der Waals surface area contributed by atoms with Crippen LogP contribution in [0.1, 0.15) is 36.0 Å².